The number of carbonyl (C=O) groups excluding carboxylic acids is 2. The van der Waals surface area contributed by atoms with Crippen LogP contribution in [0, 0.1) is 11.3 Å². The van der Waals surface area contributed by atoms with E-state index in [-0.39, 0.29) is 24.1 Å². The first-order valence-electron chi connectivity index (χ1n) is 6.94. The largest absolute Gasteiger partial charge is 0.308 e. The van der Waals surface area contributed by atoms with Crippen molar-refractivity contribution >= 4 is 23.3 Å². The lowest BCUT2D eigenvalue weighted by molar-refractivity contribution is -0.116. The summed E-state index contributed by atoms with van der Waals surface area (Å²) in [6.07, 6.45) is 0.00928. The number of hydrazone groups is 1. The van der Waals surface area contributed by atoms with Crippen molar-refractivity contribution in [3.05, 3.63) is 65.7 Å². The van der Waals surface area contributed by atoms with E-state index in [0.717, 1.165) is 0 Å². The normalized spacial score (nSPS) is 13.4. The van der Waals surface area contributed by atoms with Gasteiger partial charge in [-0.05, 0) is 30.3 Å². The predicted molar refractivity (Wildman–Crippen MR) is 84.6 cm³/mol. The molecule has 1 heterocycles. The van der Waals surface area contributed by atoms with Crippen LogP contribution in [-0.4, -0.2) is 17.6 Å². The minimum atomic E-state index is -0.315. The molecule has 3 rings (SSSR count). The Kier molecular flexibility index (Phi) is 3.85. The lowest BCUT2D eigenvalue weighted by Gasteiger charge is -2.11. The Morgan fingerprint density at radius 2 is 1.96 bits per heavy atom. The average Bonchev–Trinajstić information content (AvgIpc) is 2.96. The second-order valence-corrected chi connectivity index (χ2v) is 4.91. The van der Waals surface area contributed by atoms with Gasteiger partial charge in [-0.15, -0.1) is 0 Å². The Labute approximate surface area is 132 Å². The van der Waals surface area contributed by atoms with Crippen LogP contribution in [0.25, 0.3) is 0 Å². The molecular formula is C17H12N4O2. The molecule has 6 nitrogen and oxygen atoms in total. The van der Waals surface area contributed by atoms with Crippen molar-refractivity contribution in [3.63, 3.8) is 0 Å². The maximum Gasteiger partial charge on any atom is 0.256 e. The Hall–Kier alpha value is -3.46. The van der Waals surface area contributed by atoms with Gasteiger partial charge in [-0.2, -0.15) is 15.4 Å². The van der Waals surface area contributed by atoms with Crippen LogP contribution in [0.1, 0.15) is 22.3 Å². The summed E-state index contributed by atoms with van der Waals surface area (Å²) < 4.78 is 0. The first kappa shape index (κ1) is 14.5. The van der Waals surface area contributed by atoms with E-state index in [9.17, 15) is 9.59 Å². The summed E-state index contributed by atoms with van der Waals surface area (Å²) in [6, 6.07) is 17.3. The zero-order chi connectivity index (χ0) is 16.2. The van der Waals surface area contributed by atoms with E-state index < -0.39 is 0 Å². The van der Waals surface area contributed by atoms with E-state index in [1.807, 2.05) is 12.1 Å². The first-order valence-corrected chi connectivity index (χ1v) is 6.94. The monoisotopic (exact) mass is 304 g/mol. The van der Waals surface area contributed by atoms with E-state index in [1.54, 1.807) is 48.5 Å². The first-order chi connectivity index (χ1) is 11.2. The maximum absolute atomic E-state index is 12.1. The Morgan fingerprint density at radius 1 is 1.17 bits per heavy atom. The van der Waals surface area contributed by atoms with Gasteiger partial charge in [-0.25, -0.2) is 0 Å². The number of hydrogen-bond donors (Lipinski definition) is 1. The van der Waals surface area contributed by atoms with Gasteiger partial charge in [0.05, 0.1) is 23.7 Å². The molecule has 0 bridgehead atoms. The zero-order valence-electron chi connectivity index (χ0n) is 12.1. The molecule has 23 heavy (non-hydrogen) atoms. The van der Waals surface area contributed by atoms with Gasteiger partial charge in [0.1, 0.15) is 5.84 Å². The fourth-order valence-corrected chi connectivity index (χ4v) is 2.20. The number of amidine groups is 1. The number of anilines is 1. The topological polar surface area (TPSA) is 85.6 Å². The predicted octanol–water partition coefficient (Wildman–Crippen LogP) is 2.04. The van der Waals surface area contributed by atoms with Crippen molar-refractivity contribution < 1.29 is 9.59 Å². The van der Waals surface area contributed by atoms with Crippen molar-refractivity contribution in [2.24, 2.45) is 5.10 Å². The van der Waals surface area contributed by atoms with Crippen molar-refractivity contribution in [1.82, 2.24) is 5.32 Å². The molecule has 112 valence electrons. The van der Waals surface area contributed by atoms with E-state index in [0.29, 0.717) is 16.8 Å². The third kappa shape index (κ3) is 3.09. The maximum atomic E-state index is 12.1. The lowest BCUT2D eigenvalue weighted by atomic mass is 10.2. The molecule has 0 aliphatic carbocycles. The lowest BCUT2D eigenvalue weighted by Crippen LogP contribution is -2.29. The molecule has 1 aliphatic heterocycles. The third-order valence-corrected chi connectivity index (χ3v) is 3.29. The van der Waals surface area contributed by atoms with Crippen LogP contribution in [0.3, 0.4) is 0 Å². The van der Waals surface area contributed by atoms with Crippen LogP contribution in [0.2, 0.25) is 0 Å². The molecule has 0 saturated heterocycles. The fourth-order valence-electron chi connectivity index (χ4n) is 2.20. The van der Waals surface area contributed by atoms with Crippen molar-refractivity contribution in [2.45, 2.75) is 6.42 Å². The Balaban J connectivity index is 1.79. The van der Waals surface area contributed by atoms with Crippen molar-refractivity contribution in [2.75, 3.05) is 5.01 Å². The van der Waals surface area contributed by atoms with Gasteiger partial charge in [-0.3, -0.25) is 9.59 Å². The van der Waals surface area contributed by atoms with Crippen LogP contribution < -0.4 is 10.3 Å². The Morgan fingerprint density at radius 3 is 2.70 bits per heavy atom. The molecule has 1 N–H and O–H groups in total. The quantitative estimate of drug-likeness (QED) is 0.921. The summed E-state index contributed by atoms with van der Waals surface area (Å²) in [5.41, 5.74) is 1.43. The van der Waals surface area contributed by atoms with Crippen molar-refractivity contribution in [1.29, 1.82) is 5.26 Å². The van der Waals surface area contributed by atoms with Gasteiger partial charge in [0.2, 0.25) is 0 Å². The molecule has 0 aromatic heterocycles. The summed E-state index contributed by atoms with van der Waals surface area (Å²) in [6.45, 7) is 0. The number of carbonyl (C=O) groups is 2. The van der Waals surface area contributed by atoms with E-state index >= 15 is 0 Å². The minimum Gasteiger partial charge on any atom is -0.308 e. The number of rotatable bonds is 2. The highest BCUT2D eigenvalue weighted by atomic mass is 16.2. The summed E-state index contributed by atoms with van der Waals surface area (Å²) in [5.74, 6) is -0.292. The number of nitrogens with zero attached hydrogens (tertiary/aromatic N) is 3. The molecule has 2 aromatic rings. The molecule has 0 spiro atoms. The second kappa shape index (κ2) is 6.12. The average molecular weight is 304 g/mol. The van der Waals surface area contributed by atoms with Crippen LogP contribution in [0.15, 0.2) is 59.7 Å². The standard InChI is InChI=1S/C17H12N4O2/c18-11-12-5-4-8-14(9-12)21-16(22)10-15(20-21)19-17(23)13-6-2-1-3-7-13/h1-9H,10H2,(H,19,20,23). The molecule has 6 heteroatoms. The third-order valence-electron chi connectivity index (χ3n) is 3.29. The second-order valence-electron chi connectivity index (χ2n) is 4.91. The van der Waals surface area contributed by atoms with Crippen LogP contribution in [0.5, 0.6) is 0 Å². The highest BCUT2D eigenvalue weighted by Gasteiger charge is 2.26. The molecule has 0 atom stereocenters. The van der Waals surface area contributed by atoms with Gasteiger partial charge in [-0.1, -0.05) is 24.3 Å². The molecule has 2 amide bonds. The SMILES string of the molecule is N#Cc1cccc(N2N=C(NC(=O)c3ccccc3)CC2=O)c1. The number of benzene rings is 2. The van der Waals surface area contributed by atoms with Crippen LogP contribution >= 0.6 is 0 Å². The van der Waals surface area contributed by atoms with Crippen LogP contribution in [-0.2, 0) is 4.79 Å². The summed E-state index contributed by atoms with van der Waals surface area (Å²) in [4.78, 5) is 24.2. The van der Waals surface area contributed by atoms with Gasteiger partial charge in [0.15, 0.2) is 0 Å². The highest BCUT2D eigenvalue weighted by Crippen LogP contribution is 2.21. The number of amides is 2. The molecular weight excluding hydrogens is 292 g/mol. The smallest absolute Gasteiger partial charge is 0.256 e. The molecule has 0 unspecified atom stereocenters. The molecule has 2 aromatic carbocycles. The minimum absolute atomic E-state index is 0.00928. The highest BCUT2D eigenvalue weighted by molar-refractivity contribution is 6.17. The van der Waals surface area contributed by atoms with E-state index in [4.69, 9.17) is 5.26 Å². The van der Waals surface area contributed by atoms with Gasteiger partial charge in [0.25, 0.3) is 11.8 Å². The van der Waals surface area contributed by atoms with E-state index in [2.05, 4.69) is 10.4 Å². The Bertz CT molecular complexity index is 837. The molecule has 1 aliphatic rings. The zero-order valence-corrected chi connectivity index (χ0v) is 12.1. The number of hydrogen-bond acceptors (Lipinski definition) is 4. The molecule has 0 saturated carbocycles. The van der Waals surface area contributed by atoms with E-state index in [1.165, 1.54) is 5.01 Å². The fraction of sp³-hybridized carbons (Fsp3) is 0.0588. The summed E-state index contributed by atoms with van der Waals surface area (Å²) >= 11 is 0. The number of nitriles is 1. The summed E-state index contributed by atoms with van der Waals surface area (Å²) in [7, 11) is 0. The van der Waals surface area contributed by atoms with Crippen LogP contribution in [0.4, 0.5) is 5.69 Å². The summed E-state index contributed by atoms with van der Waals surface area (Å²) in [5, 5.41) is 16.9. The van der Waals surface area contributed by atoms with Gasteiger partial charge < -0.3 is 5.32 Å². The molecule has 0 fully saturated rings. The molecule has 0 radical (unpaired) electrons. The van der Waals surface area contributed by atoms with Gasteiger partial charge >= 0.3 is 0 Å². The number of nitrogens with one attached hydrogen (secondary N) is 1. The van der Waals surface area contributed by atoms with Crippen molar-refractivity contribution in [3.8, 4) is 6.07 Å². The van der Waals surface area contributed by atoms with Gasteiger partial charge in [0, 0.05) is 5.56 Å².